The first kappa shape index (κ1) is 34.0. The first-order valence-electron chi connectivity index (χ1n) is 17.0. The zero-order valence-electron chi connectivity index (χ0n) is 27.8. The molecule has 2 N–H and O–H groups in total. The van der Waals surface area contributed by atoms with E-state index in [9.17, 15) is 37.1 Å². The van der Waals surface area contributed by atoms with Gasteiger partial charge in [0.2, 0.25) is 12.3 Å². The number of carbonyl (C=O) groups is 5. The van der Waals surface area contributed by atoms with E-state index in [-0.39, 0.29) is 47.3 Å². The van der Waals surface area contributed by atoms with Gasteiger partial charge in [0.1, 0.15) is 11.6 Å². The van der Waals surface area contributed by atoms with Crippen molar-refractivity contribution in [1.29, 1.82) is 0 Å². The number of carbonyl (C=O) groups excluding carboxylic acids is 5. The van der Waals surface area contributed by atoms with Gasteiger partial charge in [0.25, 0.3) is 17.7 Å². The van der Waals surface area contributed by atoms with Crippen molar-refractivity contribution in [2.45, 2.75) is 75.5 Å². The summed E-state index contributed by atoms with van der Waals surface area (Å²) in [6, 6.07) is 7.68. The predicted molar refractivity (Wildman–Crippen MR) is 179 cm³/mol. The molecule has 2 aromatic carbocycles. The minimum absolute atomic E-state index is 0.0118. The Balaban J connectivity index is 0.989. The molecule has 3 fully saturated rings. The van der Waals surface area contributed by atoms with E-state index in [0.29, 0.717) is 56.4 Å². The number of nitrogens with one attached hydrogen (secondary N) is 2. The molecule has 1 aromatic heterocycles. The number of rotatable bonds is 10. The third kappa shape index (κ3) is 6.26. The van der Waals surface area contributed by atoms with Crippen LogP contribution < -0.4 is 15.5 Å². The summed E-state index contributed by atoms with van der Waals surface area (Å²) in [7, 11) is 0. The Hall–Kier alpha value is -5.45. The summed E-state index contributed by atoms with van der Waals surface area (Å²) in [4.78, 5) is 66.2. The summed E-state index contributed by atoms with van der Waals surface area (Å²) in [5.74, 6) is 4.06. The van der Waals surface area contributed by atoms with Gasteiger partial charge in [0.05, 0.1) is 34.4 Å². The number of amides is 5. The highest BCUT2D eigenvalue weighted by molar-refractivity contribution is 6.23. The van der Waals surface area contributed by atoms with E-state index in [1.165, 1.54) is 12.1 Å². The Morgan fingerprint density at radius 3 is 2.47 bits per heavy atom. The number of benzene rings is 2. The van der Waals surface area contributed by atoms with E-state index in [1.54, 1.807) is 35.3 Å². The number of alkyl halides is 3. The molecule has 5 amide bonds. The summed E-state index contributed by atoms with van der Waals surface area (Å²) in [6.07, 6.45) is 3.13. The molecule has 264 valence electrons. The maximum absolute atomic E-state index is 13.6. The average Bonchev–Trinajstić information content (AvgIpc) is 3.75. The van der Waals surface area contributed by atoms with E-state index < -0.39 is 41.0 Å². The molecule has 7 rings (SSSR count). The molecule has 14 heteroatoms. The molecule has 2 aliphatic carbocycles. The number of fused-ring (bicyclic) bond motifs is 1. The monoisotopic (exact) mass is 700 g/mol. The second-order valence-electron chi connectivity index (χ2n) is 13.6. The third-order valence-corrected chi connectivity index (χ3v) is 10.2. The molecule has 3 heterocycles. The predicted octanol–water partition coefficient (Wildman–Crippen LogP) is 4.82. The number of halogens is 3. The van der Waals surface area contributed by atoms with E-state index in [1.807, 2.05) is 11.8 Å². The van der Waals surface area contributed by atoms with Gasteiger partial charge in [-0.2, -0.15) is 18.3 Å². The van der Waals surface area contributed by atoms with Crippen LogP contribution in [0.1, 0.15) is 95.2 Å². The van der Waals surface area contributed by atoms with Crippen LogP contribution in [0.3, 0.4) is 0 Å². The highest BCUT2D eigenvalue weighted by Crippen LogP contribution is 2.47. The highest BCUT2D eigenvalue weighted by Gasteiger charge is 2.47. The first-order chi connectivity index (χ1) is 24.4. The van der Waals surface area contributed by atoms with Gasteiger partial charge in [0, 0.05) is 30.7 Å². The van der Waals surface area contributed by atoms with Crippen LogP contribution in [0.15, 0.2) is 48.8 Å². The number of nitrogens with zero attached hydrogens (tertiary/aromatic N) is 4. The van der Waals surface area contributed by atoms with Crippen LogP contribution in [0.5, 0.6) is 0 Å². The van der Waals surface area contributed by atoms with Gasteiger partial charge in [-0.3, -0.25) is 38.9 Å². The van der Waals surface area contributed by atoms with Crippen molar-refractivity contribution in [3.05, 3.63) is 76.6 Å². The van der Waals surface area contributed by atoms with E-state index in [0.717, 1.165) is 23.1 Å². The standard InChI is InChI=1S/C37H35F3N6O5/c1-2-4-31(32(48)41-21-47)46-33(49)27-11-10-26(16-29(27)34(46)50)44-18-23(19-44)6-5-22-17-42-45(20-22)36(13-3-14-36)35(51)43-25-9-12-30(37(38,39)40)28(15-25)24-7-8-24/h9-12,15-17,20-21,23-24,31H,2-4,7-8,13-14,18-19H2,1H3,(H,43,51)(H,41,47,48). The molecule has 3 aromatic rings. The summed E-state index contributed by atoms with van der Waals surface area (Å²) < 4.78 is 42.3. The van der Waals surface area contributed by atoms with Gasteiger partial charge in [-0.25, -0.2) is 0 Å². The van der Waals surface area contributed by atoms with Crippen LogP contribution in [0.2, 0.25) is 0 Å². The van der Waals surface area contributed by atoms with Gasteiger partial charge in [-0.1, -0.05) is 25.2 Å². The minimum Gasteiger partial charge on any atom is -0.369 e. The molecule has 2 saturated carbocycles. The van der Waals surface area contributed by atoms with Gasteiger partial charge in [-0.15, -0.1) is 0 Å². The quantitative estimate of drug-likeness (QED) is 0.176. The zero-order chi connectivity index (χ0) is 36.1. The van der Waals surface area contributed by atoms with E-state index in [2.05, 4.69) is 27.6 Å². The maximum atomic E-state index is 13.6. The molecular formula is C37H35F3N6O5. The molecule has 4 aliphatic rings. The lowest BCUT2D eigenvalue weighted by molar-refractivity contribution is -0.138. The molecule has 0 spiro atoms. The fraction of sp³-hybridized carbons (Fsp3) is 0.405. The number of imide groups is 2. The van der Waals surface area contributed by atoms with Crippen LogP contribution in [0.25, 0.3) is 0 Å². The molecule has 1 saturated heterocycles. The highest BCUT2D eigenvalue weighted by atomic mass is 19.4. The number of aromatic nitrogens is 2. The Bertz CT molecular complexity index is 2000. The lowest BCUT2D eigenvalue weighted by Crippen LogP contribution is -2.51. The Labute approximate surface area is 291 Å². The summed E-state index contributed by atoms with van der Waals surface area (Å²) in [6.45, 7) is 2.97. The lowest BCUT2D eigenvalue weighted by Gasteiger charge is -2.40. The molecule has 0 bridgehead atoms. The molecule has 1 atom stereocenters. The van der Waals surface area contributed by atoms with Crippen molar-refractivity contribution in [2.75, 3.05) is 23.3 Å². The van der Waals surface area contributed by atoms with Gasteiger partial charge in [-0.05, 0) is 86.4 Å². The molecule has 2 aliphatic heterocycles. The van der Waals surface area contributed by atoms with Gasteiger partial charge >= 0.3 is 6.18 Å². The van der Waals surface area contributed by atoms with Crippen LogP contribution >= 0.6 is 0 Å². The third-order valence-electron chi connectivity index (χ3n) is 10.2. The maximum Gasteiger partial charge on any atom is 0.416 e. The summed E-state index contributed by atoms with van der Waals surface area (Å²) in [5, 5.41) is 9.34. The Kier molecular flexibility index (Phi) is 8.69. The van der Waals surface area contributed by atoms with Crippen molar-refractivity contribution >= 4 is 41.4 Å². The topological polar surface area (TPSA) is 134 Å². The second-order valence-corrected chi connectivity index (χ2v) is 13.6. The largest absolute Gasteiger partial charge is 0.416 e. The molecule has 1 unspecified atom stereocenters. The summed E-state index contributed by atoms with van der Waals surface area (Å²) >= 11 is 0. The fourth-order valence-corrected chi connectivity index (χ4v) is 7.07. The fourth-order valence-electron chi connectivity index (χ4n) is 7.07. The van der Waals surface area contributed by atoms with Gasteiger partial charge < -0.3 is 10.2 Å². The van der Waals surface area contributed by atoms with Crippen molar-refractivity contribution in [3.8, 4) is 11.8 Å². The van der Waals surface area contributed by atoms with Crippen molar-refractivity contribution in [3.63, 3.8) is 0 Å². The van der Waals surface area contributed by atoms with Crippen LogP contribution in [0, 0.1) is 17.8 Å². The zero-order valence-corrected chi connectivity index (χ0v) is 27.8. The number of hydrogen-bond acceptors (Lipinski definition) is 7. The summed E-state index contributed by atoms with van der Waals surface area (Å²) in [5.41, 5.74) is 0.723. The van der Waals surface area contributed by atoms with Crippen molar-refractivity contribution < 1.29 is 37.1 Å². The SMILES string of the molecule is CCCC(C(=O)NC=O)N1C(=O)c2ccc(N3CC(C#Cc4cnn(C5(C(=O)Nc6ccc(C(F)(F)F)c(C7CC7)c6)CCC5)c4)C3)cc2C1=O. The van der Waals surface area contributed by atoms with E-state index >= 15 is 0 Å². The van der Waals surface area contributed by atoms with Crippen LogP contribution in [-0.2, 0) is 26.1 Å². The average molecular weight is 701 g/mol. The minimum atomic E-state index is -4.45. The molecule has 11 nitrogen and oxygen atoms in total. The van der Waals surface area contributed by atoms with Crippen molar-refractivity contribution in [2.24, 2.45) is 5.92 Å². The molecular weight excluding hydrogens is 665 g/mol. The normalized spacial score (nSPS) is 18.6. The van der Waals surface area contributed by atoms with Crippen LogP contribution in [0.4, 0.5) is 24.5 Å². The smallest absolute Gasteiger partial charge is 0.369 e. The van der Waals surface area contributed by atoms with Gasteiger partial charge in [0.15, 0.2) is 0 Å². The number of hydrogen-bond donors (Lipinski definition) is 2. The second kappa shape index (κ2) is 13.0. The lowest BCUT2D eigenvalue weighted by atomic mass is 9.76. The van der Waals surface area contributed by atoms with Crippen molar-refractivity contribution in [1.82, 2.24) is 20.0 Å². The Morgan fingerprint density at radius 2 is 1.82 bits per heavy atom. The van der Waals surface area contributed by atoms with Crippen LogP contribution in [-0.4, -0.2) is 63.9 Å². The molecule has 0 radical (unpaired) electrons. The molecule has 51 heavy (non-hydrogen) atoms. The van der Waals surface area contributed by atoms with E-state index in [4.69, 9.17) is 0 Å². The first-order valence-corrected chi connectivity index (χ1v) is 17.0. The Morgan fingerprint density at radius 1 is 1.08 bits per heavy atom. The number of anilines is 2.